The number of rotatable bonds is 2. The molecule has 78 valence electrons. The molecule has 0 aromatic heterocycles. The second-order valence-electron chi connectivity index (χ2n) is 3.20. The largest absolute Gasteiger partial charge is 0.192 e. The number of alkyl halides is 4. The highest BCUT2D eigenvalue weighted by Crippen LogP contribution is 2.40. The quantitative estimate of drug-likeness (QED) is 0.659. The van der Waals surface area contributed by atoms with E-state index in [0.717, 1.165) is 5.56 Å². The van der Waals surface area contributed by atoms with E-state index in [-0.39, 0.29) is 4.83 Å². The van der Waals surface area contributed by atoms with Crippen molar-refractivity contribution in [3.63, 3.8) is 0 Å². The Morgan fingerprint density at radius 3 is 2.14 bits per heavy atom. The van der Waals surface area contributed by atoms with Crippen LogP contribution in [0.3, 0.4) is 0 Å². The van der Waals surface area contributed by atoms with Gasteiger partial charge in [0.1, 0.15) is 0 Å². The summed E-state index contributed by atoms with van der Waals surface area (Å²) in [6.45, 7) is 2.04. The molecule has 0 amide bonds. The summed E-state index contributed by atoms with van der Waals surface area (Å²) in [4.78, 5) is 0.0793. The second kappa shape index (κ2) is 5.07. The summed E-state index contributed by atoms with van der Waals surface area (Å²) in [6, 6.07) is 8.15. The van der Waals surface area contributed by atoms with Gasteiger partial charge in [0.05, 0.1) is 0 Å². The number of aryl methyl sites for hydroxylation is 1. The van der Waals surface area contributed by atoms with Crippen LogP contribution in [0.5, 0.6) is 0 Å². The first-order chi connectivity index (χ1) is 6.38. The lowest BCUT2D eigenvalue weighted by molar-refractivity contribution is 0.843. The van der Waals surface area contributed by atoms with Crippen molar-refractivity contribution in [2.24, 2.45) is 0 Å². The topological polar surface area (TPSA) is 0 Å². The Bertz CT molecular complexity index is 289. The summed E-state index contributed by atoms with van der Waals surface area (Å²) in [6.07, 6.45) is 0.459. The second-order valence-corrected chi connectivity index (χ2v) is 6.82. The molecule has 1 unspecified atom stereocenters. The first-order valence-electron chi connectivity index (χ1n) is 4.16. The average Bonchev–Trinajstić information content (AvgIpc) is 2.02. The molecule has 0 heterocycles. The molecule has 0 bridgehead atoms. The van der Waals surface area contributed by atoms with Crippen LogP contribution < -0.4 is 0 Å². The van der Waals surface area contributed by atoms with E-state index in [9.17, 15) is 0 Å². The molecule has 0 nitrogen and oxygen atoms in total. The van der Waals surface area contributed by atoms with Gasteiger partial charge in [0.25, 0.3) is 0 Å². The standard InChI is InChI=1S/C10H10BrCl3/c1-7-2-4-8(5-3-7)9(11)6-10(12,13)14/h2-5,9H,6H2,1H3. The van der Waals surface area contributed by atoms with E-state index in [1.807, 2.05) is 31.2 Å². The molecular formula is C10H10BrCl3. The first-order valence-corrected chi connectivity index (χ1v) is 6.21. The van der Waals surface area contributed by atoms with Crippen molar-refractivity contribution in [3.8, 4) is 0 Å². The Morgan fingerprint density at radius 1 is 1.21 bits per heavy atom. The molecule has 4 heteroatoms. The van der Waals surface area contributed by atoms with Crippen molar-refractivity contribution in [1.82, 2.24) is 0 Å². The van der Waals surface area contributed by atoms with Crippen LogP contribution in [-0.4, -0.2) is 3.79 Å². The normalized spacial score (nSPS) is 14.1. The molecule has 0 fully saturated rings. The van der Waals surface area contributed by atoms with E-state index < -0.39 is 3.79 Å². The number of benzene rings is 1. The third kappa shape index (κ3) is 4.39. The Balaban J connectivity index is 2.70. The monoisotopic (exact) mass is 314 g/mol. The SMILES string of the molecule is Cc1ccc(C(Br)CC(Cl)(Cl)Cl)cc1. The number of hydrogen-bond donors (Lipinski definition) is 0. The summed E-state index contributed by atoms with van der Waals surface area (Å²) in [5, 5.41) is 0. The van der Waals surface area contributed by atoms with Gasteiger partial charge in [0.2, 0.25) is 0 Å². The molecule has 0 radical (unpaired) electrons. The van der Waals surface area contributed by atoms with Crippen molar-refractivity contribution in [1.29, 1.82) is 0 Å². The van der Waals surface area contributed by atoms with E-state index in [4.69, 9.17) is 34.8 Å². The zero-order valence-electron chi connectivity index (χ0n) is 7.61. The smallest absolute Gasteiger partial charge is 0.0837 e. The Kier molecular flexibility index (Phi) is 4.57. The van der Waals surface area contributed by atoms with Crippen LogP contribution >= 0.6 is 50.7 Å². The summed E-state index contributed by atoms with van der Waals surface area (Å²) in [5.41, 5.74) is 2.35. The van der Waals surface area contributed by atoms with E-state index in [1.165, 1.54) is 5.56 Å². The molecule has 14 heavy (non-hydrogen) atoms. The highest BCUT2D eigenvalue weighted by atomic mass is 79.9. The molecule has 1 aromatic carbocycles. The van der Waals surface area contributed by atoms with Crippen LogP contribution in [0.4, 0.5) is 0 Å². The third-order valence-electron chi connectivity index (χ3n) is 1.85. The van der Waals surface area contributed by atoms with E-state index in [1.54, 1.807) is 0 Å². The molecule has 0 saturated heterocycles. The van der Waals surface area contributed by atoms with Gasteiger partial charge < -0.3 is 0 Å². The van der Waals surface area contributed by atoms with Crippen LogP contribution in [0.2, 0.25) is 0 Å². The molecule has 0 saturated carbocycles. The lowest BCUT2D eigenvalue weighted by Crippen LogP contribution is -2.06. The molecule has 1 rings (SSSR count). The number of halogens is 4. The zero-order chi connectivity index (χ0) is 10.8. The van der Waals surface area contributed by atoms with Crippen LogP contribution in [0.15, 0.2) is 24.3 Å². The molecule has 1 aromatic rings. The van der Waals surface area contributed by atoms with Crippen molar-refractivity contribution < 1.29 is 0 Å². The van der Waals surface area contributed by atoms with E-state index >= 15 is 0 Å². The van der Waals surface area contributed by atoms with Crippen LogP contribution in [-0.2, 0) is 0 Å². The molecule has 0 aliphatic rings. The van der Waals surface area contributed by atoms with Crippen LogP contribution in [0.1, 0.15) is 22.4 Å². The lowest BCUT2D eigenvalue weighted by atomic mass is 10.1. The van der Waals surface area contributed by atoms with Gasteiger partial charge in [0, 0.05) is 11.2 Å². The van der Waals surface area contributed by atoms with Crippen molar-refractivity contribution in [2.45, 2.75) is 22.0 Å². The van der Waals surface area contributed by atoms with E-state index in [2.05, 4.69) is 15.9 Å². The van der Waals surface area contributed by atoms with Gasteiger partial charge in [-0.15, -0.1) is 0 Å². The minimum absolute atomic E-state index is 0.0793. The average molecular weight is 316 g/mol. The van der Waals surface area contributed by atoms with Crippen molar-refractivity contribution >= 4 is 50.7 Å². The van der Waals surface area contributed by atoms with Gasteiger partial charge in [-0.3, -0.25) is 0 Å². The van der Waals surface area contributed by atoms with Crippen LogP contribution in [0, 0.1) is 6.92 Å². The predicted octanol–water partition coefficient (Wildman–Crippen LogP) is 5.19. The Morgan fingerprint density at radius 2 is 1.71 bits per heavy atom. The Labute approximate surface area is 108 Å². The summed E-state index contributed by atoms with van der Waals surface area (Å²) in [7, 11) is 0. The predicted molar refractivity (Wildman–Crippen MR) is 67.8 cm³/mol. The molecule has 0 aliphatic heterocycles. The highest BCUT2D eigenvalue weighted by molar-refractivity contribution is 9.09. The highest BCUT2D eigenvalue weighted by Gasteiger charge is 2.24. The fourth-order valence-electron chi connectivity index (χ4n) is 1.10. The van der Waals surface area contributed by atoms with Gasteiger partial charge in [-0.25, -0.2) is 0 Å². The van der Waals surface area contributed by atoms with Crippen molar-refractivity contribution in [3.05, 3.63) is 35.4 Å². The molecular weight excluding hydrogens is 306 g/mol. The maximum absolute atomic E-state index is 5.71. The van der Waals surface area contributed by atoms with E-state index in [0.29, 0.717) is 6.42 Å². The minimum atomic E-state index is -1.21. The maximum atomic E-state index is 5.71. The van der Waals surface area contributed by atoms with Crippen molar-refractivity contribution in [2.75, 3.05) is 0 Å². The molecule has 1 atom stereocenters. The van der Waals surface area contributed by atoms with Gasteiger partial charge in [-0.2, -0.15) is 0 Å². The summed E-state index contributed by atoms with van der Waals surface area (Å²) >= 11 is 20.6. The van der Waals surface area contributed by atoms with Gasteiger partial charge in [-0.05, 0) is 12.5 Å². The number of hydrogen-bond acceptors (Lipinski definition) is 0. The Hall–Kier alpha value is 0.570. The fourth-order valence-corrected chi connectivity index (χ4v) is 2.91. The molecule has 0 spiro atoms. The summed E-state index contributed by atoms with van der Waals surface area (Å²) < 4.78 is -1.21. The minimum Gasteiger partial charge on any atom is -0.0837 e. The molecule has 0 aliphatic carbocycles. The lowest BCUT2D eigenvalue weighted by Gasteiger charge is -2.16. The van der Waals surface area contributed by atoms with Gasteiger partial charge >= 0.3 is 0 Å². The third-order valence-corrected chi connectivity index (χ3v) is 3.17. The fraction of sp³-hybridized carbons (Fsp3) is 0.400. The van der Waals surface area contributed by atoms with Gasteiger partial charge in [0.15, 0.2) is 3.79 Å². The first kappa shape index (κ1) is 12.6. The van der Waals surface area contributed by atoms with Gasteiger partial charge in [-0.1, -0.05) is 80.6 Å². The summed E-state index contributed by atoms with van der Waals surface area (Å²) in [5.74, 6) is 0. The molecule has 0 N–H and O–H groups in total. The zero-order valence-corrected chi connectivity index (χ0v) is 11.5. The maximum Gasteiger partial charge on any atom is 0.192 e. The van der Waals surface area contributed by atoms with Crippen LogP contribution in [0.25, 0.3) is 0 Å².